The van der Waals surface area contributed by atoms with E-state index in [1.54, 1.807) is 11.8 Å². The molecule has 5 atom stereocenters. The lowest BCUT2D eigenvalue weighted by atomic mass is 9.76. The highest BCUT2D eigenvalue weighted by atomic mass is 32.2. The summed E-state index contributed by atoms with van der Waals surface area (Å²) >= 11 is 1.68. The Labute approximate surface area is 189 Å². The van der Waals surface area contributed by atoms with Crippen molar-refractivity contribution < 1.29 is 14.0 Å². The first kappa shape index (κ1) is 20.0. The summed E-state index contributed by atoms with van der Waals surface area (Å²) in [7, 11) is 0. The summed E-state index contributed by atoms with van der Waals surface area (Å²) in [6.07, 6.45) is 4.15. The summed E-state index contributed by atoms with van der Waals surface area (Å²) in [4.78, 5) is 35.8. The second kappa shape index (κ2) is 7.43. The van der Waals surface area contributed by atoms with Gasteiger partial charge in [-0.05, 0) is 61.1 Å². The molecule has 2 aliphatic carbocycles. The molecule has 1 aromatic carbocycles. The molecule has 2 fully saturated rings. The number of halogens is 1. The van der Waals surface area contributed by atoms with Gasteiger partial charge in [0.05, 0.1) is 17.6 Å². The van der Waals surface area contributed by atoms with Gasteiger partial charge in [0.25, 0.3) is 0 Å². The summed E-state index contributed by atoms with van der Waals surface area (Å²) in [6.45, 7) is 0.679. The van der Waals surface area contributed by atoms with Crippen LogP contribution in [-0.2, 0) is 22.4 Å². The van der Waals surface area contributed by atoms with Crippen molar-refractivity contribution in [3.8, 4) is 0 Å². The monoisotopic (exact) mass is 453 g/mol. The standard InChI is InChI=1S/C23H24FN5O2S/c24-16-9-26-23-27-13-2-1-11-3-4-29(18(11)7-13)20(30)10-32-19-6-12-5-14(19)15(8-17(16)28-23)21(12)22(25)31/h1-2,7,9,12,14-15,19,21H,3-6,8,10H2,(H2,25,31)(H,26,27,28)/t12-,14-,15+,19+,21-/m0/s1. The van der Waals surface area contributed by atoms with Crippen LogP contribution in [0.1, 0.15) is 24.1 Å². The molecule has 0 spiro atoms. The van der Waals surface area contributed by atoms with E-state index < -0.39 is 5.82 Å². The predicted molar refractivity (Wildman–Crippen MR) is 120 cm³/mol. The van der Waals surface area contributed by atoms with Crippen LogP contribution in [0.15, 0.2) is 24.4 Å². The first-order valence-corrected chi connectivity index (χ1v) is 12.2. The molecule has 0 saturated heterocycles. The van der Waals surface area contributed by atoms with E-state index in [0.29, 0.717) is 30.4 Å². The van der Waals surface area contributed by atoms with Crippen molar-refractivity contribution in [2.75, 3.05) is 22.5 Å². The number of rotatable bonds is 1. The summed E-state index contributed by atoms with van der Waals surface area (Å²) < 4.78 is 14.7. The maximum Gasteiger partial charge on any atom is 0.237 e. The summed E-state index contributed by atoms with van der Waals surface area (Å²) in [5.41, 5.74) is 8.89. The maximum absolute atomic E-state index is 14.7. The number of aromatic nitrogens is 2. The summed E-state index contributed by atoms with van der Waals surface area (Å²) in [5.74, 6) is 0.111. The molecule has 0 unspecified atom stereocenters. The molecule has 9 heteroatoms. The van der Waals surface area contributed by atoms with Gasteiger partial charge >= 0.3 is 0 Å². The fourth-order valence-corrected chi connectivity index (χ4v) is 7.73. The van der Waals surface area contributed by atoms with Gasteiger partial charge in [-0.25, -0.2) is 14.4 Å². The van der Waals surface area contributed by atoms with E-state index in [9.17, 15) is 14.0 Å². The lowest BCUT2D eigenvalue weighted by molar-refractivity contribution is -0.125. The third-order valence-corrected chi connectivity index (χ3v) is 9.02. The van der Waals surface area contributed by atoms with Crippen LogP contribution in [0.25, 0.3) is 0 Å². The molecular formula is C23H24FN5O2S. The number of nitrogens with zero attached hydrogens (tertiary/aromatic N) is 3. The smallest absolute Gasteiger partial charge is 0.237 e. The van der Waals surface area contributed by atoms with Gasteiger partial charge in [0, 0.05) is 29.1 Å². The van der Waals surface area contributed by atoms with Gasteiger partial charge < -0.3 is 16.0 Å². The molecule has 6 bridgehead atoms. The van der Waals surface area contributed by atoms with E-state index in [-0.39, 0.29) is 40.7 Å². The Bertz CT molecular complexity index is 1130. The molecule has 166 valence electrons. The zero-order chi connectivity index (χ0) is 22.0. The Hall–Kier alpha value is -2.68. The molecule has 3 heterocycles. The minimum absolute atomic E-state index is 0.0688. The van der Waals surface area contributed by atoms with Crippen LogP contribution in [-0.4, -0.2) is 39.3 Å². The Morgan fingerprint density at radius 2 is 2.16 bits per heavy atom. The average molecular weight is 454 g/mol. The quantitative estimate of drug-likeness (QED) is 0.689. The number of carbonyl (C=O) groups is 2. The van der Waals surface area contributed by atoms with E-state index in [4.69, 9.17) is 5.73 Å². The Morgan fingerprint density at radius 3 is 3.00 bits per heavy atom. The molecule has 2 aromatic rings. The van der Waals surface area contributed by atoms with Gasteiger partial charge in [-0.15, -0.1) is 11.8 Å². The number of anilines is 3. The predicted octanol–water partition coefficient (Wildman–Crippen LogP) is 2.66. The van der Waals surface area contributed by atoms with Crippen molar-refractivity contribution in [3.05, 3.63) is 41.5 Å². The number of carbonyl (C=O) groups excluding carboxylic acids is 2. The van der Waals surface area contributed by atoms with E-state index in [1.807, 2.05) is 23.1 Å². The zero-order valence-electron chi connectivity index (χ0n) is 17.5. The van der Waals surface area contributed by atoms with Crippen LogP contribution in [0.3, 0.4) is 0 Å². The first-order chi connectivity index (χ1) is 15.5. The van der Waals surface area contributed by atoms with Crippen molar-refractivity contribution in [2.45, 2.75) is 30.9 Å². The number of amides is 2. The number of hydrogen-bond donors (Lipinski definition) is 2. The normalized spacial score (nSPS) is 30.6. The van der Waals surface area contributed by atoms with E-state index in [1.165, 1.54) is 6.20 Å². The molecule has 3 N–H and O–H groups in total. The first-order valence-electron chi connectivity index (χ1n) is 11.1. The van der Waals surface area contributed by atoms with E-state index >= 15 is 0 Å². The fraction of sp³-hybridized carbons (Fsp3) is 0.478. The van der Waals surface area contributed by atoms with Crippen LogP contribution in [0.4, 0.5) is 21.7 Å². The van der Waals surface area contributed by atoms with Crippen LogP contribution < -0.4 is 16.0 Å². The number of nitrogens with one attached hydrogen (secondary N) is 1. The summed E-state index contributed by atoms with van der Waals surface area (Å²) in [6, 6.07) is 5.88. The van der Waals surface area contributed by atoms with Gasteiger partial charge in [-0.1, -0.05) is 6.07 Å². The number of thioether (sulfide) groups is 1. The van der Waals surface area contributed by atoms with Crippen molar-refractivity contribution in [1.82, 2.24) is 9.97 Å². The fourth-order valence-electron chi connectivity index (χ4n) is 6.27. The largest absolute Gasteiger partial charge is 0.369 e. The maximum atomic E-state index is 14.7. The molecule has 7 nitrogen and oxygen atoms in total. The van der Waals surface area contributed by atoms with Gasteiger partial charge in [0.15, 0.2) is 5.82 Å². The van der Waals surface area contributed by atoms with Crippen molar-refractivity contribution in [3.63, 3.8) is 0 Å². The van der Waals surface area contributed by atoms with Crippen molar-refractivity contribution in [1.29, 1.82) is 0 Å². The average Bonchev–Trinajstić information content (AvgIpc) is 3.46. The Kier molecular flexibility index (Phi) is 4.64. The lowest BCUT2D eigenvalue weighted by Gasteiger charge is -2.34. The lowest BCUT2D eigenvalue weighted by Crippen LogP contribution is -2.40. The number of primary amides is 1. The summed E-state index contributed by atoms with van der Waals surface area (Å²) in [5, 5.41) is 3.43. The number of fused-ring (bicyclic) bond motifs is 4. The van der Waals surface area contributed by atoms with Gasteiger partial charge in [-0.2, -0.15) is 0 Å². The number of hydrogen-bond acceptors (Lipinski definition) is 6. The van der Waals surface area contributed by atoms with Crippen LogP contribution >= 0.6 is 11.8 Å². The van der Waals surface area contributed by atoms with Crippen molar-refractivity contribution >= 4 is 40.9 Å². The molecule has 0 radical (unpaired) electrons. The van der Waals surface area contributed by atoms with Gasteiger partial charge in [0.2, 0.25) is 17.8 Å². The van der Waals surface area contributed by atoms with Crippen molar-refractivity contribution in [2.24, 2.45) is 29.4 Å². The molecule has 32 heavy (non-hydrogen) atoms. The molecule has 6 rings (SSSR count). The minimum atomic E-state index is -0.467. The SMILES string of the molecule is NC(=O)[C@H]1[C@H]2C[C@H]3[C@H]1Cc1nc(ncc1F)Nc1ccc4c(c1)N(CC4)C(=O)CS[C@@H]3C2. The third kappa shape index (κ3) is 3.17. The van der Waals surface area contributed by atoms with Crippen LogP contribution in [0.2, 0.25) is 0 Å². The topological polar surface area (TPSA) is 101 Å². The van der Waals surface area contributed by atoms with Crippen LogP contribution in [0, 0.1) is 29.5 Å². The number of nitrogens with two attached hydrogens (primary N) is 1. The Morgan fingerprint density at radius 1 is 1.28 bits per heavy atom. The second-order valence-corrected chi connectivity index (χ2v) is 10.5. The molecule has 4 aliphatic rings. The van der Waals surface area contributed by atoms with E-state index in [0.717, 1.165) is 36.2 Å². The third-order valence-electron chi connectivity index (χ3n) is 7.64. The molecule has 2 aliphatic heterocycles. The minimum Gasteiger partial charge on any atom is -0.369 e. The van der Waals surface area contributed by atoms with Gasteiger partial charge in [-0.3, -0.25) is 9.59 Å². The highest BCUT2D eigenvalue weighted by molar-refractivity contribution is 8.00. The van der Waals surface area contributed by atoms with Gasteiger partial charge in [0.1, 0.15) is 0 Å². The molecular weight excluding hydrogens is 429 g/mol. The van der Waals surface area contributed by atoms with E-state index in [2.05, 4.69) is 15.3 Å². The highest BCUT2D eigenvalue weighted by Crippen LogP contribution is 2.56. The molecule has 2 amide bonds. The molecule has 2 saturated carbocycles. The second-order valence-electron chi connectivity index (χ2n) is 9.29. The van der Waals surface area contributed by atoms with Crippen LogP contribution in [0.5, 0.6) is 0 Å². The number of benzene rings is 1. The Balaban J connectivity index is 1.41. The highest BCUT2D eigenvalue weighted by Gasteiger charge is 2.55. The molecule has 1 aromatic heterocycles. The zero-order valence-corrected chi connectivity index (χ0v) is 18.3.